The smallest absolute Gasteiger partial charge is 0.330 e. The Labute approximate surface area is 105 Å². The number of hydrogen-bond acceptors (Lipinski definition) is 4. The molecule has 6 heteroatoms. The van der Waals surface area contributed by atoms with Gasteiger partial charge in [0.25, 0.3) is 0 Å². The third-order valence-electron chi connectivity index (χ3n) is 2.45. The van der Waals surface area contributed by atoms with Gasteiger partial charge in [-0.1, -0.05) is 0 Å². The first-order chi connectivity index (χ1) is 7.75. The second-order valence-electron chi connectivity index (χ2n) is 5.14. The Morgan fingerprint density at radius 2 is 2.12 bits per heavy atom. The first-order valence-corrected chi connectivity index (χ1v) is 6.67. The predicted octanol–water partition coefficient (Wildman–Crippen LogP) is 0.878. The van der Waals surface area contributed by atoms with Crippen molar-refractivity contribution in [3.05, 3.63) is 0 Å². The van der Waals surface area contributed by atoms with Gasteiger partial charge >= 0.3 is 5.97 Å². The molecule has 0 aromatic rings. The highest BCUT2D eigenvalue weighted by molar-refractivity contribution is 7.99. The van der Waals surface area contributed by atoms with E-state index in [1.165, 1.54) is 11.8 Å². The van der Waals surface area contributed by atoms with E-state index in [1.54, 1.807) is 0 Å². The number of carbonyl (C=O) groups is 2. The Balaban J connectivity index is 2.51. The highest BCUT2D eigenvalue weighted by Gasteiger charge is 2.43. The van der Waals surface area contributed by atoms with E-state index in [0.29, 0.717) is 12.2 Å². The third kappa shape index (κ3) is 4.20. The van der Waals surface area contributed by atoms with Gasteiger partial charge in [-0.15, -0.1) is 0 Å². The molecule has 2 N–H and O–H groups in total. The number of thioether (sulfide) groups is 1. The normalized spacial score (nSPS) is 24.6. The van der Waals surface area contributed by atoms with Gasteiger partial charge < -0.3 is 15.2 Å². The molecule has 1 rings (SSSR count). The number of carboxylic acids is 1. The van der Waals surface area contributed by atoms with Crippen LogP contribution in [0.1, 0.15) is 27.2 Å². The topological polar surface area (TPSA) is 75.6 Å². The molecular weight excluding hydrogens is 242 g/mol. The lowest BCUT2D eigenvalue weighted by Crippen LogP contribution is -2.55. The van der Waals surface area contributed by atoms with Crippen LogP contribution in [0.15, 0.2) is 0 Å². The summed E-state index contributed by atoms with van der Waals surface area (Å²) in [4.78, 5) is 22.8. The third-order valence-corrected chi connectivity index (χ3v) is 3.64. The Bertz CT molecular complexity index is 305. The molecule has 1 saturated heterocycles. The van der Waals surface area contributed by atoms with E-state index in [4.69, 9.17) is 4.74 Å². The Kier molecular flexibility index (Phi) is 4.43. The van der Waals surface area contributed by atoms with Gasteiger partial charge in [-0.05, 0) is 32.9 Å². The summed E-state index contributed by atoms with van der Waals surface area (Å²) in [5.41, 5.74) is -1.51. The van der Waals surface area contributed by atoms with Crippen molar-refractivity contribution < 1.29 is 19.4 Å². The number of carbonyl (C=O) groups excluding carboxylic acids is 1. The molecule has 0 aromatic carbocycles. The minimum Gasteiger partial charge on any atom is -0.479 e. The Morgan fingerprint density at radius 1 is 1.47 bits per heavy atom. The van der Waals surface area contributed by atoms with Crippen LogP contribution in [0.4, 0.5) is 0 Å². The van der Waals surface area contributed by atoms with E-state index in [0.717, 1.165) is 5.75 Å². The summed E-state index contributed by atoms with van der Waals surface area (Å²) in [6.07, 6.45) is 0.467. The number of rotatable bonds is 4. The molecule has 1 unspecified atom stereocenters. The van der Waals surface area contributed by atoms with Gasteiger partial charge in [0.1, 0.15) is 12.1 Å². The number of hydrogen-bond donors (Lipinski definition) is 2. The number of aliphatic carboxylic acids is 1. The summed E-state index contributed by atoms with van der Waals surface area (Å²) >= 11 is 1.54. The van der Waals surface area contributed by atoms with Gasteiger partial charge in [0.05, 0.1) is 5.60 Å². The van der Waals surface area contributed by atoms with Gasteiger partial charge in [-0.3, -0.25) is 4.79 Å². The number of amides is 1. The molecule has 0 aromatic heterocycles. The molecule has 0 saturated carbocycles. The van der Waals surface area contributed by atoms with Crippen LogP contribution in [0, 0.1) is 0 Å². The van der Waals surface area contributed by atoms with Gasteiger partial charge in [0.2, 0.25) is 5.91 Å². The SMILES string of the molecule is CC(C)(C)OCC(=O)NC1(C(=O)O)CCSC1. The van der Waals surface area contributed by atoms with Crippen LogP contribution in [0.25, 0.3) is 0 Å². The van der Waals surface area contributed by atoms with Crippen LogP contribution in [0.3, 0.4) is 0 Å². The molecule has 0 bridgehead atoms. The first-order valence-electron chi connectivity index (χ1n) is 5.51. The summed E-state index contributed by atoms with van der Waals surface area (Å²) in [5.74, 6) is -0.160. The van der Waals surface area contributed by atoms with Crippen LogP contribution >= 0.6 is 11.8 Å². The summed E-state index contributed by atoms with van der Waals surface area (Å²) in [7, 11) is 0. The van der Waals surface area contributed by atoms with Gasteiger partial charge in [0.15, 0.2) is 0 Å². The van der Waals surface area contributed by atoms with Crippen molar-refractivity contribution in [2.75, 3.05) is 18.1 Å². The fraction of sp³-hybridized carbons (Fsp3) is 0.818. The molecule has 1 heterocycles. The largest absolute Gasteiger partial charge is 0.479 e. The second-order valence-corrected chi connectivity index (χ2v) is 6.24. The highest BCUT2D eigenvalue weighted by atomic mass is 32.2. The van der Waals surface area contributed by atoms with Crippen LogP contribution in [-0.4, -0.2) is 46.2 Å². The fourth-order valence-electron chi connectivity index (χ4n) is 1.47. The fourth-order valence-corrected chi connectivity index (χ4v) is 2.80. The maximum atomic E-state index is 11.6. The zero-order valence-corrected chi connectivity index (χ0v) is 11.2. The lowest BCUT2D eigenvalue weighted by Gasteiger charge is -2.26. The number of nitrogens with one attached hydrogen (secondary N) is 1. The first kappa shape index (κ1) is 14.3. The van der Waals surface area contributed by atoms with E-state index >= 15 is 0 Å². The van der Waals surface area contributed by atoms with E-state index in [1.807, 2.05) is 20.8 Å². The summed E-state index contributed by atoms with van der Waals surface area (Å²) in [6, 6.07) is 0. The van der Waals surface area contributed by atoms with E-state index in [-0.39, 0.29) is 12.5 Å². The molecule has 0 radical (unpaired) electrons. The Hall–Kier alpha value is -0.750. The molecule has 1 amide bonds. The zero-order valence-electron chi connectivity index (χ0n) is 10.4. The summed E-state index contributed by atoms with van der Waals surface area (Å²) < 4.78 is 5.31. The van der Waals surface area contributed by atoms with Crippen LogP contribution < -0.4 is 5.32 Å². The summed E-state index contributed by atoms with van der Waals surface area (Å²) in [6.45, 7) is 5.43. The molecule has 0 spiro atoms. The lowest BCUT2D eigenvalue weighted by molar-refractivity contribution is -0.148. The van der Waals surface area contributed by atoms with Crippen LogP contribution in [0.2, 0.25) is 0 Å². The minimum atomic E-state index is -1.11. The second kappa shape index (κ2) is 5.27. The van der Waals surface area contributed by atoms with Gasteiger partial charge in [0, 0.05) is 5.75 Å². The summed E-state index contributed by atoms with van der Waals surface area (Å²) in [5, 5.41) is 11.8. The lowest BCUT2D eigenvalue weighted by atomic mass is 9.99. The van der Waals surface area contributed by atoms with Crippen molar-refractivity contribution in [1.29, 1.82) is 0 Å². The maximum Gasteiger partial charge on any atom is 0.330 e. The molecule has 1 aliphatic heterocycles. The standard InChI is InChI=1S/C11H19NO4S/c1-10(2,3)16-6-8(13)12-11(9(14)15)4-5-17-7-11/h4-7H2,1-3H3,(H,12,13)(H,14,15). The molecule has 5 nitrogen and oxygen atoms in total. The molecule has 1 fully saturated rings. The van der Waals surface area contributed by atoms with Crippen molar-refractivity contribution in [3.63, 3.8) is 0 Å². The van der Waals surface area contributed by atoms with Crippen LogP contribution in [-0.2, 0) is 14.3 Å². The maximum absolute atomic E-state index is 11.6. The van der Waals surface area contributed by atoms with Gasteiger partial charge in [-0.25, -0.2) is 4.79 Å². The van der Waals surface area contributed by atoms with E-state index < -0.39 is 17.1 Å². The van der Waals surface area contributed by atoms with Crippen molar-refractivity contribution >= 4 is 23.6 Å². The highest BCUT2D eigenvalue weighted by Crippen LogP contribution is 2.28. The molecule has 0 aliphatic carbocycles. The average Bonchev–Trinajstić information content (AvgIpc) is 2.63. The quantitative estimate of drug-likeness (QED) is 0.785. The minimum absolute atomic E-state index is 0.108. The van der Waals surface area contributed by atoms with Crippen molar-refractivity contribution in [2.24, 2.45) is 0 Å². The van der Waals surface area contributed by atoms with Crippen molar-refractivity contribution in [1.82, 2.24) is 5.32 Å². The Morgan fingerprint density at radius 3 is 2.53 bits per heavy atom. The molecule has 98 valence electrons. The monoisotopic (exact) mass is 261 g/mol. The van der Waals surface area contributed by atoms with E-state index in [9.17, 15) is 14.7 Å². The van der Waals surface area contributed by atoms with Crippen LogP contribution in [0.5, 0.6) is 0 Å². The molecule has 1 atom stereocenters. The number of carboxylic acid groups (broad SMARTS) is 1. The zero-order chi connectivity index (χ0) is 13.1. The van der Waals surface area contributed by atoms with Gasteiger partial charge in [-0.2, -0.15) is 11.8 Å². The van der Waals surface area contributed by atoms with Crippen molar-refractivity contribution in [3.8, 4) is 0 Å². The predicted molar refractivity (Wildman–Crippen MR) is 66.2 cm³/mol. The average molecular weight is 261 g/mol. The molecular formula is C11H19NO4S. The molecule has 1 aliphatic rings. The number of ether oxygens (including phenoxy) is 1. The van der Waals surface area contributed by atoms with E-state index in [2.05, 4.69) is 5.32 Å². The van der Waals surface area contributed by atoms with Crippen molar-refractivity contribution in [2.45, 2.75) is 38.3 Å². The molecule has 17 heavy (non-hydrogen) atoms.